The molecule has 0 radical (unpaired) electrons. The van der Waals surface area contributed by atoms with Crippen LogP contribution in [0.1, 0.15) is 95.6 Å². The Labute approximate surface area is 333 Å². The summed E-state index contributed by atoms with van der Waals surface area (Å²) < 4.78 is 58.2. The number of benzene rings is 4. The summed E-state index contributed by atoms with van der Waals surface area (Å²) in [5.74, 6) is -5.91. The maximum Gasteiger partial charge on any atom is 0.197 e. The quantitative estimate of drug-likeness (QED) is 0.0990. The number of hydrogen-bond donors (Lipinski definition) is 0. The molecule has 11 rings (SSSR count). The van der Waals surface area contributed by atoms with Crippen LogP contribution >= 0.6 is 34.0 Å². The smallest absolute Gasteiger partial charge is 0.197 e. The Morgan fingerprint density at radius 2 is 0.930 bits per heavy atom. The number of fused-ring (bicyclic) bond motifs is 11. The topological polar surface area (TPSA) is 68.3 Å². The number of halogens is 4. The van der Waals surface area contributed by atoms with Crippen molar-refractivity contribution in [1.82, 2.24) is 0 Å². The first-order chi connectivity index (χ1) is 27.0. The van der Waals surface area contributed by atoms with Gasteiger partial charge in [0.25, 0.3) is 0 Å². The number of allylic oxidation sites excluding steroid dienone is 4. The molecule has 0 fully saturated rings. The third kappa shape index (κ3) is 4.47. The van der Waals surface area contributed by atoms with Gasteiger partial charge in [0.1, 0.15) is 0 Å². The first kappa shape index (κ1) is 34.6. The van der Waals surface area contributed by atoms with E-state index in [2.05, 4.69) is 27.7 Å². The second-order valence-corrected chi connectivity index (χ2v) is 19.2. The van der Waals surface area contributed by atoms with E-state index >= 15 is 0 Å². The molecule has 4 aromatic carbocycles. The van der Waals surface area contributed by atoms with Gasteiger partial charge in [-0.3, -0.25) is 19.2 Å². The zero-order valence-corrected chi connectivity index (χ0v) is 32.7. The van der Waals surface area contributed by atoms with Crippen molar-refractivity contribution >= 4 is 100 Å². The summed E-state index contributed by atoms with van der Waals surface area (Å²) in [5.41, 5.74) is 3.99. The third-order valence-electron chi connectivity index (χ3n) is 12.0. The fourth-order valence-electron chi connectivity index (χ4n) is 8.99. The van der Waals surface area contributed by atoms with Crippen molar-refractivity contribution in [3.05, 3.63) is 149 Å². The molecular weight excluding hydrogens is 789 g/mol. The number of ketones is 4. The molecule has 0 N–H and O–H groups in total. The predicted molar refractivity (Wildman–Crippen MR) is 217 cm³/mol. The minimum absolute atomic E-state index is 0.0112. The molecule has 57 heavy (non-hydrogen) atoms. The fraction of sp³-hybridized carbons (Fsp3) is 0.130. The molecule has 278 valence electrons. The highest BCUT2D eigenvalue weighted by atomic mass is 32.1. The highest BCUT2D eigenvalue weighted by Crippen LogP contribution is 2.63. The lowest BCUT2D eigenvalue weighted by Crippen LogP contribution is -2.17. The average molecular weight is 813 g/mol. The largest absolute Gasteiger partial charge is 0.288 e. The van der Waals surface area contributed by atoms with Crippen LogP contribution in [0.5, 0.6) is 0 Å². The molecular formula is C46H24F4O4S3. The van der Waals surface area contributed by atoms with Gasteiger partial charge in [0, 0.05) is 47.7 Å². The molecule has 3 aromatic heterocycles. The molecule has 0 aliphatic heterocycles. The van der Waals surface area contributed by atoms with E-state index in [9.17, 15) is 36.7 Å². The van der Waals surface area contributed by atoms with E-state index < -0.39 is 57.2 Å². The summed E-state index contributed by atoms with van der Waals surface area (Å²) in [6, 6.07) is 11.9. The van der Waals surface area contributed by atoms with Crippen molar-refractivity contribution in [3.63, 3.8) is 0 Å². The van der Waals surface area contributed by atoms with Crippen LogP contribution < -0.4 is 0 Å². The summed E-state index contributed by atoms with van der Waals surface area (Å²) in [5, 5.41) is 1.35. The molecule has 7 aromatic rings. The molecule has 4 nitrogen and oxygen atoms in total. The van der Waals surface area contributed by atoms with Crippen LogP contribution in [0, 0.1) is 23.3 Å². The van der Waals surface area contributed by atoms with Gasteiger partial charge in [-0.25, -0.2) is 17.6 Å². The van der Waals surface area contributed by atoms with Gasteiger partial charge in [-0.2, -0.15) is 0 Å². The number of Topliss-reactive ketones (excluding diaryl/α,β-unsaturated/α-hetero) is 4. The summed E-state index contributed by atoms with van der Waals surface area (Å²) in [6.07, 6.45) is 5.34. The summed E-state index contributed by atoms with van der Waals surface area (Å²) in [4.78, 5) is 58.3. The Hall–Kier alpha value is -5.62. The number of carbonyl (C=O) groups is 4. The van der Waals surface area contributed by atoms with E-state index in [1.54, 1.807) is 34.8 Å². The minimum atomic E-state index is -1.03. The number of rotatable bonds is 2. The number of carbonyl (C=O) groups excluding carboxylic acids is 4. The van der Waals surface area contributed by atoms with E-state index in [1.807, 2.05) is 12.1 Å². The van der Waals surface area contributed by atoms with Gasteiger partial charge in [0.15, 0.2) is 46.4 Å². The normalized spacial score (nSPS) is 17.2. The van der Waals surface area contributed by atoms with Crippen LogP contribution in [-0.2, 0) is 10.8 Å². The van der Waals surface area contributed by atoms with Crippen molar-refractivity contribution in [1.29, 1.82) is 0 Å². The van der Waals surface area contributed by atoms with Crippen LogP contribution in [0.4, 0.5) is 17.6 Å². The zero-order valence-electron chi connectivity index (χ0n) is 30.3. The maximum atomic E-state index is 14.0. The second kappa shape index (κ2) is 11.1. The molecule has 3 heterocycles. The van der Waals surface area contributed by atoms with Crippen LogP contribution in [0.25, 0.3) is 52.9 Å². The van der Waals surface area contributed by atoms with Crippen molar-refractivity contribution in [2.75, 3.05) is 0 Å². The maximum absolute atomic E-state index is 14.0. The summed E-state index contributed by atoms with van der Waals surface area (Å²) in [6.45, 7) is 8.49. The Morgan fingerprint density at radius 1 is 0.491 bits per heavy atom. The molecule has 0 unspecified atom stereocenters. The van der Waals surface area contributed by atoms with Gasteiger partial charge >= 0.3 is 0 Å². The fourth-order valence-corrected chi connectivity index (χ4v) is 13.9. The van der Waals surface area contributed by atoms with Gasteiger partial charge in [0.05, 0.1) is 25.4 Å². The standard InChI is InChI=1S/C46H24F4O4S3/c1-45(2)21(13-27-37(51)23-5-17-9-30(47)31(48)10-18(17)6-24(23)38(27)52)14-34-35(45)42-44(56-34)36-43(57-42)41-29(46(36,3)4)16-22(55-41)15-28-39(53)25-7-19-11-32(49)33(50)12-20(19)8-26(25)40(28)54/h5-16H,1-4H3. The Kier molecular flexibility index (Phi) is 6.72. The Morgan fingerprint density at radius 3 is 1.40 bits per heavy atom. The molecule has 0 amide bonds. The van der Waals surface area contributed by atoms with Gasteiger partial charge in [0.2, 0.25) is 0 Å². The van der Waals surface area contributed by atoms with Crippen molar-refractivity contribution in [3.8, 4) is 9.75 Å². The van der Waals surface area contributed by atoms with E-state index in [0.29, 0.717) is 21.5 Å². The van der Waals surface area contributed by atoms with E-state index in [4.69, 9.17) is 0 Å². The van der Waals surface area contributed by atoms with E-state index in [0.717, 1.165) is 65.2 Å². The molecule has 0 saturated heterocycles. The lowest BCUT2D eigenvalue weighted by Gasteiger charge is -2.22. The molecule has 0 saturated carbocycles. The monoisotopic (exact) mass is 812 g/mol. The highest BCUT2D eigenvalue weighted by molar-refractivity contribution is 7.32. The number of hydrogen-bond acceptors (Lipinski definition) is 7. The van der Waals surface area contributed by atoms with Crippen LogP contribution in [-0.4, -0.2) is 23.1 Å². The Bertz CT molecular complexity index is 3180. The van der Waals surface area contributed by atoms with Gasteiger partial charge < -0.3 is 0 Å². The third-order valence-corrected chi connectivity index (χ3v) is 15.8. The van der Waals surface area contributed by atoms with E-state index in [1.165, 1.54) is 45.9 Å². The summed E-state index contributed by atoms with van der Waals surface area (Å²) in [7, 11) is 0. The molecule has 0 atom stereocenters. The molecule has 0 bridgehead atoms. The SMILES string of the molecule is CC1(C)C(C=C2C(=O)c3cc4cc(F)c(F)cc4cc3C2=O)=Cc2sc3c4c(sc3c21)-c1sc(C=C2C(=O)c3cc5cc(F)c(F)cc5cc3C2=O)cc1C4(C)C. The van der Waals surface area contributed by atoms with Crippen molar-refractivity contribution in [2.45, 2.75) is 38.5 Å². The molecule has 0 spiro atoms. The molecule has 4 aliphatic rings. The average Bonchev–Trinajstić information content (AvgIpc) is 3.98. The van der Waals surface area contributed by atoms with Crippen LogP contribution in [0.3, 0.4) is 0 Å². The lowest BCUT2D eigenvalue weighted by molar-refractivity contribution is 0.0974. The summed E-state index contributed by atoms with van der Waals surface area (Å²) >= 11 is 4.88. The minimum Gasteiger partial charge on any atom is -0.288 e. The van der Waals surface area contributed by atoms with Crippen LogP contribution in [0.2, 0.25) is 0 Å². The first-order valence-electron chi connectivity index (χ1n) is 18.0. The zero-order chi connectivity index (χ0) is 39.8. The van der Waals surface area contributed by atoms with Crippen molar-refractivity contribution in [2.24, 2.45) is 0 Å². The van der Waals surface area contributed by atoms with Gasteiger partial charge in [-0.1, -0.05) is 27.7 Å². The lowest BCUT2D eigenvalue weighted by atomic mass is 9.80. The van der Waals surface area contributed by atoms with Crippen molar-refractivity contribution < 1.29 is 36.7 Å². The second-order valence-electron chi connectivity index (χ2n) is 16.0. The highest BCUT2D eigenvalue weighted by Gasteiger charge is 2.45. The van der Waals surface area contributed by atoms with E-state index in [-0.39, 0.29) is 33.4 Å². The molecule has 11 heteroatoms. The van der Waals surface area contributed by atoms with Crippen LogP contribution in [0.15, 0.2) is 77.4 Å². The van der Waals surface area contributed by atoms with Gasteiger partial charge in [-0.15, -0.1) is 34.0 Å². The first-order valence-corrected chi connectivity index (χ1v) is 20.4. The van der Waals surface area contributed by atoms with Gasteiger partial charge in [-0.05, 0) is 117 Å². The predicted octanol–water partition coefficient (Wildman–Crippen LogP) is 12.3. The number of thiophene rings is 3. The molecule has 4 aliphatic carbocycles. The Balaban J connectivity index is 0.945.